The molecule has 3 aliphatic heterocycles. The molecule has 1 aromatic rings. The maximum Gasteiger partial charge on any atom is 0.233 e. The molecule has 3 atom stereocenters. The van der Waals surface area contributed by atoms with E-state index in [-0.39, 0.29) is 5.41 Å². The van der Waals surface area contributed by atoms with Crippen LogP contribution in [0, 0.1) is 23.2 Å². The lowest BCUT2D eigenvalue weighted by Gasteiger charge is -2.43. The molecule has 0 aliphatic carbocycles. The maximum atomic E-state index is 13.4. The van der Waals surface area contributed by atoms with Crippen molar-refractivity contribution in [3.05, 3.63) is 24.3 Å². The van der Waals surface area contributed by atoms with Gasteiger partial charge in [0.15, 0.2) is 0 Å². The smallest absolute Gasteiger partial charge is 0.233 e. The number of nitrogens with zero attached hydrogens (tertiary/aromatic N) is 2. The van der Waals surface area contributed by atoms with Crippen LogP contribution in [0.3, 0.4) is 0 Å². The minimum Gasteiger partial charge on any atom is -0.381 e. The number of hydrogen-bond acceptors (Lipinski definition) is 3. The van der Waals surface area contributed by atoms with Crippen LogP contribution in [0.4, 0.5) is 11.4 Å². The summed E-state index contributed by atoms with van der Waals surface area (Å²) in [6, 6.07) is 8.87. The second-order valence-corrected chi connectivity index (χ2v) is 11.1. The Morgan fingerprint density at radius 3 is 2.48 bits per heavy atom. The van der Waals surface area contributed by atoms with E-state index in [1.165, 1.54) is 50.8 Å². The largest absolute Gasteiger partial charge is 0.381 e. The summed E-state index contributed by atoms with van der Waals surface area (Å²) < 4.78 is 5.55. The monoisotopic (exact) mass is 454 g/mol. The Morgan fingerprint density at radius 2 is 1.79 bits per heavy atom. The first-order valence-corrected chi connectivity index (χ1v) is 13.8. The molecule has 1 spiro atoms. The van der Waals surface area contributed by atoms with E-state index in [4.69, 9.17) is 4.74 Å². The Labute approximate surface area is 202 Å². The van der Waals surface area contributed by atoms with Crippen molar-refractivity contribution in [2.45, 2.75) is 85.0 Å². The van der Waals surface area contributed by atoms with Crippen molar-refractivity contribution in [2.75, 3.05) is 42.6 Å². The first kappa shape index (κ1) is 24.6. The number of benzene rings is 1. The number of rotatable bonds is 9. The zero-order valence-corrected chi connectivity index (χ0v) is 21.4. The van der Waals surface area contributed by atoms with Crippen LogP contribution >= 0.6 is 0 Å². The lowest BCUT2D eigenvalue weighted by molar-refractivity contribution is -0.136. The molecule has 1 amide bonds. The molecular weight excluding hydrogens is 408 g/mol. The predicted octanol–water partition coefficient (Wildman–Crippen LogP) is 6.68. The van der Waals surface area contributed by atoms with Crippen LogP contribution < -0.4 is 9.80 Å². The number of unbranched alkanes of at least 4 members (excludes halogenated alkanes) is 1. The van der Waals surface area contributed by atoms with Crippen molar-refractivity contribution in [1.82, 2.24) is 0 Å². The number of piperidine rings is 1. The van der Waals surface area contributed by atoms with Gasteiger partial charge >= 0.3 is 0 Å². The summed E-state index contributed by atoms with van der Waals surface area (Å²) in [5.74, 6) is 2.84. The molecule has 0 aromatic heterocycles. The first-order chi connectivity index (χ1) is 16.1. The lowest BCUT2D eigenvalue weighted by atomic mass is 9.73. The van der Waals surface area contributed by atoms with Gasteiger partial charge in [-0.05, 0) is 80.5 Å². The molecular formula is C29H46N2O2. The van der Waals surface area contributed by atoms with Gasteiger partial charge in [0.05, 0.1) is 5.41 Å². The highest BCUT2D eigenvalue weighted by atomic mass is 16.5. The summed E-state index contributed by atoms with van der Waals surface area (Å²) in [6.07, 6.45) is 11.9. The second-order valence-electron chi connectivity index (χ2n) is 11.1. The average Bonchev–Trinajstić information content (AvgIpc) is 3.34. The van der Waals surface area contributed by atoms with Gasteiger partial charge in [-0.15, -0.1) is 0 Å². The number of ether oxygens (including phenoxy) is 1. The van der Waals surface area contributed by atoms with Crippen molar-refractivity contribution in [3.8, 4) is 0 Å². The van der Waals surface area contributed by atoms with Gasteiger partial charge in [-0.25, -0.2) is 0 Å². The molecule has 1 aromatic carbocycles. The highest BCUT2D eigenvalue weighted by molar-refractivity contribution is 5.98. The van der Waals surface area contributed by atoms with Gasteiger partial charge in [0.25, 0.3) is 0 Å². The van der Waals surface area contributed by atoms with Crippen molar-refractivity contribution in [1.29, 1.82) is 0 Å². The third-order valence-electron chi connectivity index (χ3n) is 8.88. The summed E-state index contributed by atoms with van der Waals surface area (Å²) in [4.78, 5) is 18.0. The molecule has 0 saturated carbocycles. The number of carbonyl (C=O) groups is 1. The van der Waals surface area contributed by atoms with Gasteiger partial charge in [0.1, 0.15) is 0 Å². The molecule has 3 fully saturated rings. The van der Waals surface area contributed by atoms with Crippen molar-refractivity contribution in [2.24, 2.45) is 23.2 Å². The molecule has 3 heterocycles. The van der Waals surface area contributed by atoms with E-state index < -0.39 is 0 Å². The number of carbonyl (C=O) groups excluding carboxylic acids is 1. The Bertz CT molecular complexity index is 750. The predicted molar refractivity (Wildman–Crippen MR) is 138 cm³/mol. The fraction of sp³-hybridized carbons (Fsp3) is 0.759. The SMILES string of the molecule is CCCCC(C)CC(CC)C1CCN(c2ccc(N3CCCC4(CCOCC4)C3=O)cc2)C1. The molecule has 0 bridgehead atoms. The van der Waals surface area contributed by atoms with Crippen molar-refractivity contribution < 1.29 is 9.53 Å². The minimum absolute atomic E-state index is 0.180. The quantitative estimate of drug-likeness (QED) is 0.417. The maximum absolute atomic E-state index is 13.4. The van der Waals surface area contributed by atoms with E-state index in [0.717, 1.165) is 75.4 Å². The Morgan fingerprint density at radius 1 is 1.06 bits per heavy atom. The summed E-state index contributed by atoms with van der Waals surface area (Å²) in [5.41, 5.74) is 2.21. The average molecular weight is 455 g/mol. The van der Waals surface area contributed by atoms with Crippen LogP contribution in [0.5, 0.6) is 0 Å². The van der Waals surface area contributed by atoms with E-state index >= 15 is 0 Å². The van der Waals surface area contributed by atoms with Gasteiger partial charge in [0.2, 0.25) is 5.91 Å². The molecule has 184 valence electrons. The standard InChI is InChI=1S/C29H46N2O2/c1-4-6-8-23(3)21-24(5-2)25-13-18-30(22-25)26-9-11-27(12-10-26)31-17-7-14-29(28(31)32)15-19-33-20-16-29/h9-12,23-25H,4-8,13-22H2,1-3H3. The summed E-state index contributed by atoms with van der Waals surface area (Å²) in [5, 5.41) is 0. The fourth-order valence-corrected chi connectivity index (χ4v) is 6.67. The van der Waals surface area contributed by atoms with E-state index in [1.54, 1.807) is 0 Å². The van der Waals surface area contributed by atoms with Crippen molar-refractivity contribution in [3.63, 3.8) is 0 Å². The van der Waals surface area contributed by atoms with E-state index in [2.05, 4.69) is 54.8 Å². The first-order valence-electron chi connectivity index (χ1n) is 13.8. The molecule has 0 N–H and O–H groups in total. The molecule has 4 nitrogen and oxygen atoms in total. The summed E-state index contributed by atoms with van der Waals surface area (Å²) in [6.45, 7) is 11.8. The Balaban J connectivity index is 1.36. The summed E-state index contributed by atoms with van der Waals surface area (Å²) >= 11 is 0. The van der Waals surface area contributed by atoms with Gasteiger partial charge in [-0.1, -0.05) is 46.5 Å². The molecule has 3 saturated heterocycles. The third kappa shape index (κ3) is 5.58. The van der Waals surface area contributed by atoms with Gasteiger partial charge < -0.3 is 14.5 Å². The summed E-state index contributed by atoms with van der Waals surface area (Å²) in [7, 11) is 0. The second kappa shape index (κ2) is 11.3. The van der Waals surface area contributed by atoms with Crippen LogP contribution in [0.15, 0.2) is 24.3 Å². The zero-order valence-electron chi connectivity index (χ0n) is 21.4. The van der Waals surface area contributed by atoms with Crippen LogP contribution in [0.1, 0.15) is 85.0 Å². The Kier molecular flexibility index (Phi) is 8.38. The van der Waals surface area contributed by atoms with Gasteiger partial charge in [-0.3, -0.25) is 4.79 Å². The number of hydrogen-bond donors (Lipinski definition) is 0. The zero-order chi connectivity index (χ0) is 23.3. The van der Waals surface area contributed by atoms with E-state index in [1.807, 2.05) is 0 Å². The minimum atomic E-state index is -0.180. The highest BCUT2D eigenvalue weighted by Crippen LogP contribution is 2.42. The number of anilines is 2. The Hall–Kier alpha value is -1.55. The van der Waals surface area contributed by atoms with Crippen molar-refractivity contribution >= 4 is 17.3 Å². The fourth-order valence-electron chi connectivity index (χ4n) is 6.67. The van der Waals surface area contributed by atoms with E-state index in [0.29, 0.717) is 5.91 Å². The van der Waals surface area contributed by atoms with Gasteiger partial charge in [0, 0.05) is 44.2 Å². The van der Waals surface area contributed by atoms with Crippen LogP contribution in [-0.2, 0) is 9.53 Å². The normalized spacial score (nSPS) is 24.9. The molecule has 4 heteroatoms. The van der Waals surface area contributed by atoms with E-state index in [9.17, 15) is 4.79 Å². The third-order valence-corrected chi connectivity index (χ3v) is 8.88. The van der Waals surface area contributed by atoms with Crippen LogP contribution in [0.2, 0.25) is 0 Å². The van der Waals surface area contributed by atoms with Crippen LogP contribution in [-0.4, -0.2) is 38.8 Å². The molecule has 0 radical (unpaired) electrons. The van der Waals surface area contributed by atoms with Gasteiger partial charge in [-0.2, -0.15) is 0 Å². The molecule has 4 rings (SSSR count). The lowest BCUT2D eigenvalue weighted by Crippen LogP contribution is -2.51. The molecule has 3 aliphatic rings. The molecule has 33 heavy (non-hydrogen) atoms. The molecule has 3 unspecified atom stereocenters. The van der Waals surface area contributed by atoms with Crippen LogP contribution in [0.25, 0.3) is 0 Å². The topological polar surface area (TPSA) is 32.8 Å². The number of amides is 1. The highest BCUT2D eigenvalue weighted by Gasteiger charge is 2.45.